The van der Waals surface area contributed by atoms with Crippen LogP contribution in [0.4, 0.5) is 16.2 Å². The van der Waals surface area contributed by atoms with Crippen LogP contribution in [0.3, 0.4) is 0 Å². The molecule has 1 aliphatic rings. The molecule has 0 spiro atoms. The zero-order chi connectivity index (χ0) is 15.7. The summed E-state index contributed by atoms with van der Waals surface area (Å²) in [6, 6.07) is 15.0. The minimum atomic E-state index is -0.736. The SMILES string of the molecule is CC1(c2ccccc2)NC(=O)N(c2ccc([N+](=O)[O-])cc2)N1. The molecule has 0 bridgehead atoms. The first-order valence-electron chi connectivity index (χ1n) is 6.70. The number of non-ortho nitro benzene ring substituents is 1. The first kappa shape index (κ1) is 14.0. The number of nitrogens with zero attached hydrogens (tertiary/aromatic N) is 2. The number of nitro groups is 1. The molecule has 7 nitrogen and oxygen atoms in total. The monoisotopic (exact) mass is 298 g/mol. The van der Waals surface area contributed by atoms with Crippen LogP contribution in [0.25, 0.3) is 0 Å². The van der Waals surface area contributed by atoms with Gasteiger partial charge in [-0.25, -0.2) is 9.80 Å². The van der Waals surface area contributed by atoms with Gasteiger partial charge in [0.2, 0.25) is 0 Å². The van der Waals surface area contributed by atoms with Crippen molar-refractivity contribution in [3.8, 4) is 0 Å². The highest BCUT2D eigenvalue weighted by atomic mass is 16.6. The van der Waals surface area contributed by atoms with E-state index in [2.05, 4.69) is 10.7 Å². The zero-order valence-corrected chi connectivity index (χ0v) is 11.8. The van der Waals surface area contributed by atoms with Crippen molar-refractivity contribution in [2.24, 2.45) is 0 Å². The van der Waals surface area contributed by atoms with Gasteiger partial charge < -0.3 is 5.32 Å². The molecule has 2 amide bonds. The molecular weight excluding hydrogens is 284 g/mol. The van der Waals surface area contributed by atoms with E-state index >= 15 is 0 Å². The van der Waals surface area contributed by atoms with E-state index in [1.54, 1.807) is 0 Å². The normalized spacial score (nSPS) is 20.8. The number of nitrogens with one attached hydrogen (secondary N) is 2. The molecule has 1 atom stereocenters. The number of amides is 2. The molecule has 0 saturated carbocycles. The van der Waals surface area contributed by atoms with Gasteiger partial charge in [0.1, 0.15) is 5.66 Å². The topological polar surface area (TPSA) is 87.5 Å². The molecule has 7 heteroatoms. The number of nitro benzene ring substituents is 1. The van der Waals surface area contributed by atoms with E-state index < -0.39 is 10.6 Å². The second-order valence-electron chi connectivity index (χ2n) is 5.14. The third kappa shape index (κ3) is 2.38. The van der Waals surface area contributed by atoms with Gasteiger partial charge in [0.05, 0.1) is 10.6 Å². The highest BCUT2D eigenvalue weighted by Crippen LogP contribution is 2.27. The summed E-state index contributed by atoms with van der Waals surface area (Å²) < 4.78 is 0. The van der Waals surface area contributed by atoms with Gasteiger partial charge in [0, 0.05) is 12.1 Å². The third-order valence-corrected chi connectivity index (χ3v) is 3.57. The molecule has 1 unspecified atom stereocenters. The third-order valence-electron chi connectivity index (χ3n) is 3.57. The standard InChI is InChI=1S/C15H14N4O3/c1-15(11-5-3-2-4-6-11)16-14(20)18(17-15)12-7-9-13(10-8-12)19(21)22/h2-10,17H,1H3,(H,16,20). The van der Waals surface area contributed by atoms with Crippen molar-refractivity contribution in [1.82, 2.24) is 10.7 Å². The van der Waals surface area contributed by atoms with Gasteiger partial charge in [-0.2, -0.15) is 5.43 Å². The summed E-state index contributed by atoms with van der Waals surface area (Å²) in [7, 11) is 0. The lowest BCUT2D eigenvalue weighted by Crippen LogP contribution is -2.45. The van der Waals surface area contributed by atoms with Gasteiger partial charge >= 0.3 is 6.03 Å². The highest BCUT2D eigenvalue weighted by molar-refractivity contribution is 5.94. The number of carbonyl (C=O) groups is 1. The van der Waals surface area contributed by atoms with Gasteiger partial charge in [-0.05, 0) is 24.6 Å². The fourth-order valence-corrected chi connectivity index (χ4v) is 2.39. The van der Waals surface area contributed by atoms with Crippen molar-refractivity contribution >= 4 is 17.4 Å². The van der Waals surface area contributed by atoms with E-state index in [1.807, 2.05) is 37.3 Å². The van der Waals surface area contributed by atoms with Crippen LogP contribution >= 0.6 is 0 Å². The number of hydrazine groups is 1. The molecule has 3 rings (SSSR count). The van der Waals surface area contributed by atoms with Crippen LogP contribution in [0.2, 0.25) is 0 Å². The molecule has 1 aliphatic heterocycles. The summed E-state index contributed by atoms with van der Waals surface area (Å²) in [5.41, 5.74) is 3.79. The molecule has 112 valence electrons. The fraction of sp³-hybridized carbons (Fsp3) is 0.133. The molecule has 22 heavy (non-hydrogen) atoms. The van der Waals surface area contributed by atoms with Gasteiger partial charge in [-0.15, -0.1) is 0 Å². The van der Waals surface area contributed by atoms with Crippen LogP contribution in [0.15, 0.2) is 54.6 Å². The first-order chi connectivity index (χ1) is 10.5. The Morgan fingerprint density at radius 2 is 1.73 bits per heavy atom. The molecule has 2 aromatic carbocycles. The lowest BCUT2D eigenvalue weighted by Gasteiger charge is -2.25. The molecule has 1 heterocycles. The van der Waals surface area contributed by atoms with Crippen molar-refractivity contribution in [3.63, 3.8) is 0 Å². The number of benzene rings is 2. The maximum absolute atomic E-state index is 12.2. The van der Waals surface area contributed by atoms with Gasteiger partial charge in [0.15, 0.2) is 0 Å². The van der Waals surface area contributed by atoms with Crippen LogP contribution in [-0.4, -0.2) is 11.0 Å². The molecule has 0 aromatic heterocycles. The minimum Gasteiger partial charge on any atom is -0.313 e. The highest BCUT2D eigenvalue weighted by Gasteiger charge is 2.40. The van der Waals surface area contributed by atoms with Crippen molar-refractivity contribution in [2.75, 3.05) is 5.01 Å². The molecular formula is C15H14N4O3. The van der Waals surface area contributed by atoms with Gasteiger partial charge in [0.25, 0.3) is 5.69 Å². The number of hydrogen-bond donors (Lipinski definition) is 2. The van der Waals surface area contributed by atoms with Crippen molar-refractivity contribution < 1.29 is 9.72 Å². The van der Waals surface area contributed by atoms with Crippen LogP contribution in [0.5, 0.6) is 0 Å². The molecule has 1 saturated heterocycles. The quantitative estimate of drug-likeness (QED) is 0.673. The van der Waals surface area contributed by atoms with Crippen LogP contribution in [0.1, 0.15) is 12.5 Å². The van der Waals surface area contributed by atoms with Crippen LogP contribution < -0.4 is 15.8 Å². The van der Waals surface area contributed by atoms with E-state index in [9.17, 15) is 14.9 Å². The lowest BCUT2D eigenvalue weighted by molar-refractivity contribution is -0.384. The average molecular weight is 298 g/mol. The minimum absolute atomic E-state index is 0.0193. The van der Waals surface area contributed by atoms with Crippen molar-refractivity contribution in [1.29, 1.82) is 0 Å². The maximum atomic E-state index is 12.2. The Morgan fingerprint density at radius 3 is 2.32 bits per heavy atom. The van der Waals surface area contributed by atoms with Crippen LogP contribution in [-0.2, 0) is 5.66 Å². The summed E-state index contributed by atoms with van der Waals surface area (Å²) in [5.74, 6) is 0. The molecule has 0 aliphatic carbocycles. The second-order valence-corrected chi connectivity index (χ2v) is 5.14. The second kappa shape index (κ2) is 5.12. The summed E-state index contributed by atoms with van der Waals surface area (Å²) in [4.78, 5) is 22.4. The van der Waals surface area contributed by atoms with E-state index in [0.29, 0.717) is 5.69 Å². The Kier molecular flexibility index (Phi) is 3.26. The maximum Gasteiger partial charge on any atom is 0.338 e. The fourth-order valence-electron chi connectivity index (χ4n) is 2.39. The molecule has 1 fully saturated rings. The first-order valence-corrected chi connectivity index (χ1v) is 6.70. The van der Waals surface area contributed by atoms with E-state index in [-0.39, 0.29) is 11.7 Å². The molecule has 2 aromatic rings. The Balaban J connectivity index is 1.87. The largest absolute Gasteiger partial charge is 0.338 e. The summed E-state index contributed by atoms with van der Waals surface area (Å²) in [6.45, 7) is 1.85. The Labute approximate surface area is 126 Å². The predicted molar refractivity (Wildman–Crippen MR) is 81.0 cm³/mol. The number of rotatable bonds is 3. The molecule has 0 radical (unpaired) electrons. The zero-order valence-electron chi connectivity index (χ0n) is 11.8. The van der Waals surface area contributed by atoms with Gasteiger partial charge in [-0.3, -0.25) is 10.1 Å². The Hall–Kier alpha value is -2.93. The van der Waals surface area contributed by atoms with E-state index in [1.165, 1.54) is 29.3 Å². The van der Waals surface area contributed by atoms with Gasteiger partial charge in [-0.1, -0.05) is 30.3 Å². The summed E-state index contributed by atoms with van der Waals surface area (Å²) >= 11 is 0. The van der Waals surface area contributed by atoms with Crippen molar-refractivity contribution in [2.45, 2.75) is 12.6 Å². The molecule has 2 N–H and O–H groups in total. The van der Waals surface area contributed by atoms with Crippen molar-refractivity contribution in [3.05, 3.63) is 70.3 Å². The Morgan fingerprint density at radius 1 is 1.09 bits per heavy atom. The smallest absolute Gasteiger partial charge is 0.313 e. The number of hydrogen-bond acceptors (Lipinski definition) is 4. The lowest BCUT2D eigenvalue weighted by atomic mass is 10.0. The van der Waals surface area contributed by atoms with E-state index in [0.717, 1.165) is 5.56 Å². The predicted octanol–water partition coefficient (Wildman–Crippen LogP) is 2.50. The Bertz CT molecular complexity index is 717. The number of urea groups is 1. The summed E-state index contributed by atoms with van der Waals surface area (Å²) in [5, 5.41) is 14.9. The number of anilines is 1. The average Bonchev–Trinajstić information content (AvgIpc) is 2.84. The number of carbonyl (C=O) groups excluding carboxylic acids is 1. The van der Waals surface area contributed by atoms with Crippen LogP contribution in [0, 0.1) is 10.1 Å². The summed E-state index contributed by atoms with van der Waals surface area (Å²) in [6.07, 6.45) is 0. The van der Waals surface area contributed by atoms with E-state index in [4.69, 9.17) is 0 Å².